The number of benzene rings is 4. The van der Waals surface area contributed by atoms with E-state index in [1.54, 1.807) is 34.5 Å². The molecule has 0 saturated carbocycles. The maximum absolute atomic E-state index is 11.1. The molecule has 2 atom stereocenters. The monoisotopic (exact) mass is 608 g/mol. The molecule has 0 spiro atoms. The lowest BCUT2D eigenvalue weighted by Gasteiger charge is -2.36. The van der Waals surface area contributed by atoms with Gasteiger partial charge in [-0.25, -0.2) is 0 Å². The van der Waals surface area contributed by atoms with Gasteiger partial charge < -0.3 is 34.1 Å². The van der Waals surface area contributed by atoms with Gasteiger partial charge in [-0.2, -0.15) is 0 Å². The molecule has 7 rings (SSSR count). The van der Waals surface area contributed by atoms with Gasteiger partial charge in [0, 0.05) is 35.3 Å². The lowest BCUT2D eigenvalue weighted by atomic mass is 9.86. The molecule has 0 fully saturated rings. The number of hydrogen-bond acceptors (Lipinski definition) is 8. The largest absolute Gasteiger partial charge is 0.507 e. The zero-order chi connectivity index (χ0) is 31.2. The molecule has 0 amide bonds. The second kappa shape index (κ2) is 11.8. The van der Waals surface area contributed by atoms with E-state index in [9.17, 15) is 5.11 Å². The summed E-state index contributed by atoms with van der Waals surface area (Å²) in [6, 6.07) is 18.5. The van der Waals surface area contributed by atoms with Crippen molar-refractivity contribution in [2.24, 2.45) is 0 Å². The van der Waals surface area contributed by atoms with Crippen LogP contribution in [-0.2, 0) is 25.7 Å². The second-order valence-corrected chi connectivity index (χ2v) is 12.1. The molecule has 0 saturated heterocycles. The number of nitrogens with one attached hydrogen (secondary N) is 1. The highest BCUT2D eigenvalue weighted by molar-refractivity contribution is 5.77. The molecule has 0 radical (unpaired) electrons. The molecule has 3 aliphatic rings. The number of phenolic OH excluding ortho intramolecular Hbond substituents is 1. The Hall–Kier alpha value is -4.40. The first-order valence-corrected chi connectivity index (χ1v) is 15.5. The highest BCUT2D eigenvalue weighted by Gasteiger charge is 2.33. The summed E-state index contributed by atoms with van der Waals surface area (Å²) in [7, 11) is 8.85. The maximum atomic E-state index is 11.1. The predicted molar refractivity (Wildman–Crippen MR) is 174 cm³/mol. The SMILES string of the molecule is COc1cc2c3cc1Oc1c(OC)c(OC)cc4c1[C@H](Cc1ccc(OC)c(c1)-c1cc(ccc1O)C[C@H]3N(C)CC2)NCC4. The third-order valence-electron chi connectivity index (χ3n) is 9.63. The van der Waals surface area contributed by atoms with Gasteiger partial charge >= 0.3 is 0 Å². The minimum atomic E-state index is -0.0693. The number of nitrogens with zero attached hydrogens (tertiary/aromatic N) is 1. The fraction of sp³-hybridized carbons (Fsp3) is 0.351. The van der Waals surface area contributed by atoms with E-state index in [1.807, 2.05) is 12.1 Å². The molecule has 0 aliphatic carbocycles. The third-order valence-corrected chi connectivity index (χ3v) is 9.63. The Labute approximate surface area is 264 Å². The Morgan fingerprint density at radius 3 is 2.29 bits per heavy atom. The number of fused-ring (bicyclic) bond motifs is 6. The molecule has 3 heterocycles. The van der Waals surface area contributed by atoms with Gasteiger partial charge in [-0.3, -0.25) is 4.90 Å². The van der Waals surface area contributed by atoms with Crippen LogP contribution in [0.4, 0.5) is 0 Å². The minimum Gasteiger partial charge on any atom is -0.507 e. The number of likely N-dealkylation sites (N-methyl/N-ethyl adjacent to an activating group) is 1. The van der Waals surface area contributed by atoms with Crippen LogP contribution in [-0.4, -0.2) is 58.6 Å². The minimum absolute atomic E-state index is 0.0693. The quantitative estimate of drug-likeness (QED) is 0.276. The zero-order valence-electron chi connectivity index (χ0n) is 26.5. The highest BCUT2D eigenvalue weighted by Crippen LogP contribution is 2.51. The van der Waals surface area contributed by atoms with Crippen molar-refractivity contribution >= 4 is 0 Å². The van der Waals surface area contributed by atoms with Crippen LogP contribution in [0.3, 0.4) is 0 Å². The van der Waals surface area contributed by atoms with Gasteiger partial charge in [0.2, 0.25) is 5.75 Å². The lowest BCUT2D eigenvalue weighted by molar-refractivity contribution is 0.228. The molecule has 8 heteroatoms. The zero-order valence-corrected chi connectivity index (χ0v) is 26.5. The number of phenols is 1. The van der Waals surface area contributed by atoms with Crippen LogP contribution < -0.4 is 29.0 Å². The Bertz CT molecular complexity index is 1770. The number of rotatable bonds is 4. The summed E-state index contributed by atoms with van der Waals surface area (Å²) >= 11 is 0. The van der Waals surface area contributed by atoms with Crippen LogP contribution in [0.15, 0.2) is 54.6 Å². The van der Waals surface area contributed by atoms with E-state index in [0.717, 1.165) is 71.5 Å². The van der Waals surface area contributed by atoms with Crippen LogP contribution in [0, 0.1) is 0 Å². The average molecular weight is 609 g/mol. The van der Waals surface area contributed by atoms with Crippen LogP contribution >= 0.6 is 0 Å². The van der Waals surface area contributed by atoms with Gasteiger partial charge in [0.25, 0.3) is 0 Å². The van der Waals surface area contributed by atoms with Gasteiger partial charge in [0.15, 0.2) is 23.0 Å². The highest BCUT2D eigenvalue weighted by atomic mass is 16.5. The molecular formula is C37H40N2O6. The fourth-order valence-corrected chi connectivity index (χ4v) is 7.30. The molecule has 45 heavy (non-hydrogen) atoms. The topological polar surface area (TPSA) is 81.7 Å². The molecule has 0 aromatic heterocycles. The van der Waals surface area contributed by atoms with Crippen molar-refractivity contribution in [1.82, 2.24) is 10.2 Å². The number of hydrogen-bond donors (Lipinski definition) is 2. The molecule has 0 unspecified atom stereocenters. The average Bonchev–Trinajstić information content (AvgIpc) is 3.06. The summed E-state index contributed by atoms with van der Waals surface area (Å²) in [5.74, 6) is 4.09. The Morgan fingerprint density at radius 2 is 1.51 bits per heavy atom. The van der Waals surface area contributed by atoms with Crippen molar-refractivity contribution in [3.05, 3.63) is 88.0 Å². The van der Waals surface area contributed by atoms with Crippen molar-refractivity contribution in [2.75, 3.05) is 48.6 Å². The van der Waals surface area contributed by atoms with Crippen LogP contribution in [0.2, 0.25) is 0 Å². The number of aromatic hydroxyl groups is 1. The van der Waals surface area contributed by atoms with E-state index in [2.05, 4.69) is 53.7 Å². The van der Waals surface area contributed by atoms with Crippen molar-refractivity contribution in [3.63, 3.8) is 0 Å². The summed E-state index contributed by atoms with van der Waals surface area (Å²) < 4.78 is 30.5. The molecule has 8 nitrogen and oxygen atoms in total. The molecule has 2 N–H and O–H groups in total. The molecule has 4 aromatic carbocycles. The first-order valence-electron chi connectivity index (χ1n) is 15.5. The summed E-state index contributed by atoms with van der Waals surface area (Å²) in [6.07, 6.45) is 3.18. The van der Waals surface area contributed by atoms with Crippen LogP contribution in [0.1, 0.15) is 45.5 Å². The molecule has 6 bridgehead atoms. The normalized spacial score (nSPS) is 18.8. The Morgan fingerprint density at radius 1 is 0.778 bits per heavy atom. The smallest absolute Gasteiger partial charge is 0.204 e. The number of methoxy groups -OCH3 is 4. The summed E-state index contributed by atoms with van der Waals surface area (Å²) in [4.78, 5) is 2.39. The standard InChI is InChI=1S/C37H40N2O6/c1-39-13-11-23-18-32(42-3)33-20-25(23)29(39)17-22-6-8-30(40)26(14-22)27-15-21(7-9-31(27)41-2)16-28-35-24(10-12-38-28)19-34(43-4)36(44-5)37(35)45-33/h6-9,14-15,18-20,28-29,38,40H,10-13,16-17H2,1-5H3/t28-,29+/m0/s1. The Balaban J connectivity index is 1.51. The molecule has 234 valence electrons. The van der Waals surface area contributed by atoms with Gasteiger partial charge in [0.05, 0.1) is 28.4 Å². The first-order chi connectivity index (χ1) is 21.9. The van der Waals surface area contributed by atoms with Crippen molar-refractivity contribution in [1.29, 1.82) is 0 Å². The van der Waals surface area contributed by atoms with Crippen LogP contribution in [0.5, 0.6) is 40.2 Å². The third kappa shape index (κ3) is 5.12. The number of ether oxygens (including phenoxy) is 5. The van der Waals surface area contributed by atoms with E-state index in [-0.39, 0.29) is 17.8 Å². The van der Waals surface area contributed by atoms with E-state index >= 15 is 0 Å². The van der Waals surface area contributed by atoms with Crippen molar-refractivity contribution in [3.8, 4) is 51.4 Å². The lowest BCUT2D eigenvalue weighted by Crippen LogP contribution is -2.33. The van der Waals surface area contributed by atoms with Crippen molar-refractivity contribution < 1.29 is 28.8 Å². The summed E-state index contributed by atoms with van der Waals surface area (Å²) in [5.41, 5.74) is 8.50. The fourth-order valence-electron chi connectivity index (χ4n) is 7.30. The molecule has 3 aliphatic heterocycles. The van der Waals surface area contributed by atoms with Crippen molar-refractivity contribution in [2.45, 2.75) is 37.8 Å². The summed E-state index contributed by atoms with van der Waals surface area (Å²) in [6.45, 7) is 1.74. The van der Waals surface area contributed by atoms with E-state index < -0.39 is 0 Å². The van der Waals surface area contributed by atoms with Crippen LogP contribution in [0.25, 0.3) is 11.1 Å². The molecule has 4 aromatic rings. The molecular weight excluding hydrogens is 568 g/mol. The van der Waals surface area contributed by atoms with Gasteiger partial charge in [-0.15, -0.1) is 0 Å². The second-order valence-electron chi connectivity index (χ2n) is 12.1. The first kappa shape index (κ1) is 29.3. The predicted octanol–water partition coefficient (Wildman–Crippen LogP) is 6.40. The van der Waals surface area contributed by atoms with Gasteiger partial charge in [-0.1, -0.05) is 12.1 Å². The van der Waals surface area contributed by atoms with E-state index in [0.29, 0.717) is 35.2 Å². The Kier molecular flexibility index (Phi) is 7.71. The maximum Gasteiger partial charge on any atom is 0.204 e. The summed E-state index contributed by atoms with van der Waals surface area (Å²) in [5, 5.41) is 14.9. The van der Waals surface area contributed by atoms with Gasteiger partial charge in [0.1, 0.15) is 11.5 Å². The van der Waals surface area contributed by atoms with Gasteiger partial charge in [-0.05, 0) is 110 Å². The van der Waals surface area contributed by atoms with E-state index in [4.69, 9.17) is 23.7 Å². The van der Waals surface area contributed by atoms with E-state index in [1.165, 1.54) is 11.1 Å².